The first-order chi connectivity index (χ1) is 34.6. The van der Waals surface area contributed by atoms with Gasteiger partial charge in [-0.3, -0.25) is 19.2 Å². The molecule has 8 rings (SSSR count). The van der Waals surface area contributed by atoms with Crippen LogP contribution < -0.4 is 24.8 Å². The number of carboxylic acid groups (broad SMARTS) is 2. The third kappa shape index (κ3) is 11.1. The quantitative estimate of drug-likeness (QED) is 0.0623. The van der Waals surface area contributed by atoms with Crippen LogP contribution in [-0.4, -0.2) is 61.0 Å². The molecule has 8 aromatic rings. The van der Waals surface area contributed by atoms with E-state index in [1.165, 1.54) is 110 Å². The average Bonchev–Trinajstić information content (AvgIpc) is 3.39. The molecule has 0 saturated carbocycles. The zero-order valence-electron chi connectivity index (χ0n) is 38.1. The zero-order valence-corrected chi connectivity index (χ0v) is 38.9. The maximum atomic E-state index is 13.9. The molecule has 4 N–H and O–H groups in total. The normalized spacial score (nSPS) is 10.9. The summed E-state index contributed by atoms with van der Waals surface area (Å²) in [5, 5.41) is 24.4. The van der Waals surface area contributed by atoms with Crippen LogP contribution in [0.15, 0.2) is 192 Å². The number of aromatic carboxylic acids is 2. The van der Waals surface area contributed by atoms with Gasteiger partial charge < -0.3 is 35.1 Å². The van der Waals surface area contributed by atoms with E-state index in [4.69, 9.17) is 14.2 Å². The Morgan fingerprint density at radius 1 is 0.417 bits per heavy atom. The van der Waals surface area contributed by atoms with Crippen molar-refractivity contribution in [3.05, 3.63) is 232 Å². The number of carboxylic acids is 2. The molecular formula is C56H40N2O13S. The minimum absolute atomic E-state index is 0.00701. The lowest BCUT2D eigenvalue weighted by atomic mass is 10.0. The molecule has 72 heavy (non-hydrogen) atoms. The van der Waals surface area contributed by atoms with Crippen molar-refractivity contribution in [1.82, 2.24) is 5.32 Å². The molecule has 0 atom stereocenters. The molecule has 0 radical (unpaired) electrons. The average molecular weight is 981 g/mol. The van der Waals surface area contributed by atoms with E-state index in [1.54, 1.807) is 48.5 Å². The SMILES string of the molecule is CNC(=O)c1cc(Oc2ccc(C(=O)Nc3ccc(Oc4ccc(C(=O)c5cccc(S(=O)(=O)c6cccc(C(=O)c7ccc(Oc8ccc(C)cc8)cc7)c6)c5)cc4)cc3)c(C(=O)O)c2)ccc1C(=O)O. The van der Waals surface area contributed by atoms with Gasteiger partial charge in [-0.2, -0.15) is 0 Å². The van der Waals surface area contributed by atoms with Crippen LogP contribution in [0.4, 0.5) is 5.69 Å². The minimum Gasteiger partial charge on any atom is -0.478 e. The number of benzene rings is 8. The highest BCUT2D eigenvalue weighted by atomic mass is 32.2. The number of aryl methyl sites for hydroxylation is 1. The van der Waals surface area contributed by atoms with Crippen LogP contribution in [0.25, 0.3) is 0 Å². The number of carbonyl (C=O) groups is 6. The second-order valence-electron chi connectivity index (χ2n) is 16.0. The third-order valence-corrected chi connectivity index (χ3v) is 12.8. The summed E-state index contributed by atoms with van der Waals surface area (Å²) in [6, 6.07) is 45.2. The van der Waals surface area contributed by atoms with E-state index >= 15 is 0 Å². The second-order valence-corrected chi connectivity index (χ2v) is 17.9. The summed E-state index contributed by atoms with van der Waals surface area (Å²) >= 11 is 0. The van der Waals surface area contributed by atoms with Crippen molar-refractivity contribution in [1.29, 1.82) is 0 Å². The molecule has 0 saturated heterocycles. The van der Waals surface area contributed by atoms with Crippen LogP contribution in [-0.2, 0) is 9.84 Å². The van der Waals surface area contributed by atoms with Gasteiger partial charge in [0.05, 0.1) is 32.0 Å². The van der Waals surface area contributed by atoms with Gasteiger partial charge in [0.1, 0.15) is 34.5 Å². The number of ether oxygens (including phenoxy) is 3. The van der Waals surface area contributed by atoms with Gasteiger partial charge >= 0.3 is 11.9 Å². The molecule has 0 spiro atoms. The topological polar surface area (TPSA) is 229 Å². The molecule has 0 aliphatic heterocycles. The van der Waals surface area contributed by atoms with Gasteiger partial charge in [-0.15, -0.1) is 0 Å². The van der Waals surface area contributed by atoms with E-state index in [2.05, 4.69) is 10.6 Å². The van der Waals surface area contributed by atoms with E-state index in [-0.39, 0.29) is 60.5 Å². The standard InChI is InChI=1S/C56H40N2O13S/c1-33-9-17-39(18-10-33)69-40-19-11-34(12-20-40)51(59)36-5-3-7-45(29-36)72(67,68)46-8-4-6-37(30-46)52(60)35-13-21-41(22-14-35)70-42-23-15-38(16-24-42)58-54(62)47-27-25-44(32-50(47)56(65)66)71-43-26-28-48(55(63)64)49(31-43)53(61)57-2/h3-32H,1-2H3,(H,57,61)(H,58,62)(H,63,64)(H,65,66). The van der Waals surface area contributed by atoms with Crippen LogP contribution in [0.2, 0.25) is 0 Å². The number of anilines is 1. The third-order valence-electron chi connectivity index (χ3n) is 11.0. The summed E-state index contributed by atoms with van der Waals surface area (Å²) in [6.45, 7) is 1.97. The monoisotopic (exact) mass is 980 g/mol. The lowest BCUT2D eigenvalue weighted by molar-refractivity contribution is 0.0682. The summed E-state index contributed by atoms with van der Waals surface area (Å²) in [5.41, 5.74) is 1.26. The number of amides is 2. The molecule has 2 amide bonds. The molecule has 0 unspecified atom stereocenters. The summed E-state index contributed by atoms with van der Waals surface area (Å²) in [7, 11) is -2.83. The lowest BCUT2D eigenvalue weighted by Crippen LogP contribution is -2.21. The second kappa shape index (κ2) is 20.9. The van der Waals surface area contributed by atoms with Crippen LogP contribution in [0.5, 0.6) is 34.5 Å². The van der Waals surface area contributed by atoms with Crippen molar-refractivity contribution in [2.24, 2.45) is 0 Å². The number of carbonyl (C=O) groups excluding carboxylic acids is 4. The number of ketones is 2. The fourth-order valence-corrected chi connectivity index (χ4v) is 8.66. The number of hydrogen-bond donors (Lipinski definition) is 4. The highest BCUT2D eigenvalue weighted by molar-refractivity contribution is 7.91. The maximum absolute atomic E-state index is 13.9. The van der Waals surface area contributed by atoms with Gasteiger partial charge in [0.15, 0.2) is 11.6 Å². The van der Waals surface area contributed by atoms with E-state index in [1.807, 2.05) is 31.2 Å². The predicted octanol–water partition coefficient (Wildman–Crippen LogP) is 10.7. The summed E-state index contributed by atoms with van der Waals surface area (Å²) in [6.07, 6.45) is 0. The molecule has 0 fully saturated rings. The molecule has 0 aromatic heterocycles. The molecule has 0 bridgehead atoms. The summed E-state index contributed by atoms with van der Waals surface area (Å²) < 4.78 is 45.3. The molecule has 358 valence electrons. The van der Waals surface area contributed by atoms with Crippen LogP contribution in [0.1, 0.15) is 78.8 Å². The van der Waals surface area contributed by atoms with Crippen LogP contribution in [0, 0.1) is 6.92 Å². The summed E-state index contributed by atoms with van der Waals surface area (Å²) in [4.78, 5) is 76.2. The molecule has 0 aliphatic rings. The largest absolute Gasteiger partial charge is 0.478 e. The smallest absolute Gasteiger partial charge is 0.336 e. The minimum atomic E-state index is -4.17. The molecular weight excluding hydrogens is 941 g/mol. The van der Waals surface area contributed by atoms with E-state index in [0.717, 1.165) is 11.6 Å². The maximum Gasteiger partial charge on any atom is 0.336 e. The van der Waals surface area contributed by atoms with Gasteiger partial charge in [-0.1, -0.05) is 42.0 Å². The highest BCUT2D eigenvalue weighted by Gasteiger charge is 2.23. The van der Waals surface area contributed by atoms with Gasteiger partial charge in [-0.25, -0.2) is 18.0 Å². The Morgan fingerprint density at radius 2 is 0.819 bits per heavy atom. The molecule has 8 aromatic carbocycles. The predicted molar refractivity (Wildman–Crippen MR) is 264 cm³/mol. The van der Waals surface area contributed by atoms with E-state index in [0.29, 0.717) is 34.2 Å². The lowest BCUT2D eigenvalue weighted by Gasteiger charge is -2.13. The fourth-order valence-electron chi connectivity index (χ4n) is 7.30. The van der Waals surface area contributed by atoms with Gasteiger partial charge in [0.25, 0.3) is 11.8 Å². The van der Waals surface area contributed by atoms with Crippen molar-refractivity contribution in [3.8, 4) is 34.5 Å². The Balaban J connectivity index is 0.884. The van der Waals surface area contributed by atoms with Crippen molar-refractivity contribution >= 4 is 50.8 Å². The Kier molecular flexibility index (Phi) is 14.2. The van der Waals surface area contributed by atoms with Crippen LogP contribution in [0.3, 0.4) is 0 Å². The van der Waals surface area contributed by atoms with Crippen molar-refractivity contribution in [2.75, 3.05) is 12.4 Å². The van der Waals surface area contributed by atoms with Gasteiger partial charge in [-0.05, 0) is 153 Å². The number of rotatable bonds is 17. The van der Waals surface area contributed by atoms with Crippen molar-refractivity contribution in [2.45, 2.75) is 16.7 Å². The Bertz CT molecular complexity index is 3540. The zero-order chi connectivity index (χ0) is 51.1. The molecule has 15 nitrogen and oxygen atoms in total. The molecule has 16 heteroatoms. The van der Waals surface area contributed by atoms with E-state index in [9.17, 15) is 47.4 Å². The van der Waals surface area contributed by atoms with Crippen LogP contribution >= 0.6 is 0 Å². The first-order valence-electron chi connectivity index (χ1n) is 21.8. The first-order valence-corrected chi connectivity index (χ1v) is 23.3. The molecule has 0 aliphatic carbocycles. The van der Waals surface area contributed by atoms with Gasteiger partial charge in [0.2, 0.25) is 9.84 Å². The van der Waals surface area contributed by atoms with Gasteiger partial charge in [0, 0.05) is 35.0 Å². The Hall–Kier alpha value is -9.67. The Morgan fingerprint density at radius 3 is 1.28 bits per heavy atom. The number of sulfone groups is 1. The summed E-state index contributed by atoms with van der Waals surface area (Å²) in [5.74, 6) is -3.04. The Labute approximate surface area is 411 Å². The fraction of sp³-hybridized carbons (Fsp3) is 0.0357. The van der Waals surface area contributed by atoms with Crippen molar-refractivity contribution in [3.63, 3.8) is 0 Å². The molecule has 0 heterocycles. The first kappa shape index (κ1) is 48.8. The number of hydrogen-bond acceptors (Lipinski definition) is 11. The number of nitrogens with one attached hydrogen (secondary N) is 2. The highest BCUT2D eigenvalue weighted by Crippen LogP contribution is 2.30. The van der Waals surface area contributed by atoms with Crippen molar-refractivity contribution < 1.29 is 61.6 Å². The van der Waals surface area contributed by atoms with E-state index < -0.39 is 44.9 Å².